The van der Waals surface area contributed by atoms with Crippen LogP contribution in [0.2, 0.25) is 0 Å². The number of anilines is 3. The van der Waals surface area contributed by atoms with E-state index in [4.69, 9.17) is 9.72 Å². The third kappa shape index (κ3) is 6.29. The lowest BCUT2D eigenvalue weighted by molar-refractivity contribution is -0.128. The summed E-state index contributed by atoms with van der Waals surface area (Å²) >= 11 is 0. The number of benzene rings is 1. The lowest BCUT2D eigenvalue weighted by atomic mass is 9.95. The van der Waals surface area contributed by atoms with Crippen LogP contribution in [0.4, 0.5) is 21.5 Å². The molecule has 11 nitrogen and oxygen atoms in total. The lowest BCUT2D eigenvalue weighted by Gasteiger charge is -2.43. The van der Waals surface area contributed by atoms with Gasteiger partial charge in [0, 0.05) is 56.8 Å². The van der Waals surface area contributed by atoms with Gasteiger partial charge < -0.3 is 29.2 Å². The van der Waals surface area contributed by atoms with Gasteiger partial charge in [-0.25, -0.2) is 9.37 Å². The van der Waals surface area contributed by atoms with Crippen molar-refractivity contribution in [3.63, 3.8) is 0 Å². The topological polar surface area (TPSA) is 120 Å². The number of hydrogen-bond acceptors (Lipinski definition) is 9. The summed E-state index contributed by atoms with van der Waals surface area (Å²) in [6.45, 7) is 7.36. The number of halogens is 1. The number of nitriles is 2. The number of ether oxygens (including phenoxy) is 1. The minimum absolute atomic E-state index is 0.0497. The fourth-order valence-electron chi connectivity index (χ4n) is 7.86. The van der Waals surface area contributed by atoms with E-state index < -0.39 is 0 Å². The molecule has 5 heterocycles. The second-order valence-corrected chi connectivity index (χ2v) is 13.2. The Kier molecular flexibility index (Phi) is 9.83. The molecule has 0 spiro atoms. The summed E-state index contributed by atoms with van der Waals surface area (Å²) in [4.78, 5) is 40.2. The van der Waals surface area contributed by atoms with E-state index in [0.29, 0.717) is 75.0 Å². The average molecular weight is 655 g/mol. The highest BCUT2D eigenvalue weighted by Crippen LogP contribution is 2.42. The van der Waals surface area contributed by atoms with Gasteiger partial charge in [-0.2, -0.15) is 10.5 Å². The van der Waals surface area contributed by atoms with Gasteiger partial charge in [0.2, 0.25) is 17.7 Å². The number of piperazine rings is 1. The summed E-state index contributed by atoms with van der Waals surface area (Å²) in [6, 6.07) is 7.99. The number of fused-ring (bicyclic) bond motifs is 2. The fourth-order valence-corrected chi connectivity index (χ4v) is 7.86. The summed E-state index contributed by atoms with van der Waals surface area (Å²) < 4.78 is 21.3. The number of carbonyl (C=O) groups excluding carboxylic acids is 2. The molecule has 2 aromatic rings. The summed E-state index contributed by atoms with van der Waals surface area (Å²) in [5.74, 6) is -0.301. The normalized spacial score (nSPS) is 21.0. The van der Waals surface area contributed by atoms with E-state index in [1.54, 1.807) is 22.9 Å². The Balaban J connectivity index is 1.35. The van der Waals surface area contributed by atoms with Crippen LogP contribution >= 0.6 is 0 Å². The minimum atomic E-state index is -0.365. The molecule has 0 radical (unpaired) electrons. The zero-order valence-corrected chi connectivity index (χ0v) is 27.9. The van der Waals surface area contributed by atoms with Crippen molar-refractivity contribution in [2.24, 2.45) is 0 Å². The predicted octanol–water partition coefficient (Wildman–Crippen LogP) is 3.93. The van der Waals surface area contributed by atoms with E-state index in [-0.39, 0.29) is 42.4 Å². The van der Waals surface area contributed by atoms with Gasteiger partial charge in [0.25, 0.3) is 0 Å². The molecule has 48 heavy (non-hydrogen) atoms. The molecule has 0 unspecified atom stereocenters. The van der Waals surface area contributed by atoms with Crippen molar-refractivity contribution in [2.75, 3.05) is 68.1 Å². The van der Waals surface area contributed by atoms with Gasteiger partial charge in [-0.3, -0.25) is 9.59 Å². The SMILES string of the molecule is C=CC(=O)N1CCN(c2c(C#N)c(OCCC[C@@H]3CCCN3C)nc3c2CCN(c2ccc(F)c4c2N(C)C(=O)CC4)C3)C[C@@H]1CC#N. The van der Waals surface area contributed by atoms with E-state index >= 15 is 0 Å². The van der Waals surface area contributed by atoms with Crippen LogP contribution in [-0.4, -0.2) is 92.1 Å². The van der Waals surface area contributed by atoms with Gasteiger partial charge in [0.05, 0.1) is 54.4 Å². The molecule has 0 N–H and O–H groups in total. The molecule has 2 atom stereocenters. The van der Waals surface area contributed by atoms with Gasteiger partial charge >= 0.3 is 0 Å². The van der Waals surface area contributed by atoms with Gasteiger partial charge in [0.1, 0.15) is 17.4 Å². The zero-order chi connectivity index (χ0) is 33.9. The Bertz CT molecular complexity index is 1680. The number of pyridine rings is 1. The van der Waals surface area contributed by atoms with E-state index in [1.807, 2.05) is 0 Å². The van der Waals surface area contributed by atoms with Crippen LogP contribution in [0.3, 0.4) is 0 Å². The largest absolute Gasteiger partial charge is 0.477 e. The highest BCUT2D eigenvalue weighted by molar-refractivity contribution is 6.00. The first-order valence-electron chi connectivity index (χ1n) is 16.9. The first-order chi connectivity index (χ1) is 23.2. The maximum Gasteiger partial charge on any atom is 0.246 e. The fraction of sp³-hybridized carbons (Fsp3) is 0.528. The molecule has 252 valence electrons. The second kappa shape index (κ2) is 14.2. The van der Waals surface area contributed by atoms with Crippen LogP contribution in [0.1, 0.15) is 60.9 Å². The maximum atomic E-state index is 14.9. The molecule has 6 rings (SSSR count). The molecule has 2 fully saturated rings. The molecule has 1 aromatic heterocycles. The van der Waals surface area contributed by atoms with E-state index in [9.17, 15) is 24.5 Å². The Morgan fingerprint density at radius 3 is 2.65 bits per heavy atom. The van der Waals surface area contributed by atoms with Crippen molar-refractivity contribution in [1.29, 1.82) is 10.5 Å². The summed E-state index contributed by atoms with van der Waals surface area (Å²) in [5.41, 5.74) is 4.71. The minimum Gasteiger partial charge on any atom is -0.477 e. The highest BCUT2D eigenvalue weighted by Gasteiger charge is 2.36. The van der Waals surface area contributed by atoms with Gasteiger partial charge in [-0.1, -0.05) is 6.58 Å². The molecular weight excluding hydrogens is 611 g/mol. The summed E-state index contributed by atoms with van der Waals surface area (Å²) in [7, 11) is 3.85. The van der Waals surface area contributed by atoms with Crippen molar-refractivity contribution in [1.82, 2.24) is 14.8 Å². The Labute approximate surface area is 281 Å². The number of hydrogen-bond donors (Lipinski definition) is 0. The molecule has 4 aliphatic heterocycles. The average Bonchev–Trinajstić information content (AvgIpc) is 3.51. The van der Waals surface area contributed by atoms with Gasteiger partial charge in [-0.05, 0) is 70.3 Å². The third-order valence-corrected chi connectivity index (χ3v) is 10.4. The maximum absolute atomic E-state index is 14.9. The van der Waals surface area contributed by atoms with Crippen LogP contribution in [0.25, 0.3) is 0 Å². The smallest absolute Gasteiger partial charge is 0.246 e. The number of rotatable bonds is 9. The number of likely N-dealkylation sites (tertiary alicyclic amines) is 1. The van der Waals surface area contributed by atoms with Crippen LogP contribution in [0, 0.1) is 28.5 Å². The highest BCUT2D eigenvalue weighted by atomic mass is 19.1. The van der Waals surface area contributed by atoms with Crippen molar-refractivity contribution >= 4 is 28.9 Å². The molecule has 0 aliphatic carbocycles. The Morgan fingerprint density at radius 1 is 1.08 bits per heavy atom. The first-order valence-corrected chi connectivity index (χ1v) is 16.9. The van der Waals surface area contributed by atoms with E-state index in [2.05, 4.69) is 40.5 Å². The Hall–Kier alpha value is -4.68. The van der Waals surface area contributed by atoms with Crippen LogP contribution < -0.4 is 19.4 Å². The molecule has 1 aromatic carbocycles. The third-order valence-electron chi connectivity index (χ3n) is 10.4. The lowest BCUT2D eigenvalue weighted by Crippen LogP contribution is -2.55. The number of aromatic nitrogens is 1. The van der Waals surface area contributed by atoms with E-state index in [1.165, 1.54) is 25.0 Å². The standard InChI is InChI=1S/C36H43FN8O3/c1-4-32(46)45-19-18-44(22-25(45)13-15-38)34-27-14-17-43(31-11-10-29(37)26-9-12-33(47)42(3)35(26)31)23-30(27)40-36(28(34)21-39)48-20-6-8-24-7-5-16-41(24)2/h4,10-11,24-25H,1,5-9,12-14,16-20,22-23H2,2-3H3/t24-,25-/m0/s1. The zero-order valence-electron chi connectivity index (χ0n) is 27.9. The second-order valence-electron chi connectivity index (χ2n) is 13.2. The predicted molar refractivity (Wildman–Crippen MR) is 180 cm³/mol. The summed E-state index contributed by atoms with van der Waals surface area (Å²) in [6.07, 6.45) is 6.81. The number of carbonyl (C=O) groups is 2. The molecule has 2 saturated heterocycles. The molecule has 0 bridgehead atoms. The summed E-state index contributed by atoms with van der Waals surface area (Å²) in [5, 5.41) is 20.2. The van der Waals surface area contributed by atoms with Crippen LogP contribution in [0.5, 0.6) is 5.88 Å². The van der Waals surface area contributed by atoms with Crippen LogP contribution in [-0.2, 0) is 29.0 Å². The molecule has 2 amide bonds. The van der Waals surface area contributed by atoms with Gasteiger partial charge in [-0.15, -0.1) is 0 Å². The van der Waals surface area contributed by atoms with Crippen molar-refractivity contribution in [2.45, 2.75) is 70.0 Å². The van der Waals surface area contributed by atoms with Crippen LogP contribution in [0.15, 0.2) is 24.8 Å². The monoisotopic (exact) mass is 654 g/mol. The van der Waals surface area contributed by atoms with Crippen molar-refractivity contribution in [3.05, 3.63) is 53.0 Å². The number of nitrogens with zero attached hydrogens (tertiary/aromatic N) is 8. The molecule has 0 saturated carbocycles. The van der Waals surface area contributed by atoms with E-state index in [0.717, 1.165) is 42.0 Å². The molecule has 4 aliphatic rings. The molecule has 12 heteroatoms. The Morgan fingerprint density at radius 2 is 1.92 bits per heavy atom. The molecular formula is C36H43FN8O3. The first kappa shape index (κ1) is 33.2. The van der Waals surface area contributed by atoms with Crippen molar-refractivity contribution in [3.8, 4) is 18.0 Å². The number of amides is 2. The van der Waals surface area contributed by atoms with Gasteiger partial charge in [0.15, 0.2) is 0 Å². The quantitative estimate of drug-likeness (QED) is 0.293. The van der Waals surface area contributed by atoms with Crippen molar-refractivity contribution < 1.29 is 18.7 Å².